The predicted molar refractivity (Wildman–Crippen MR) is 115 cm³/mol. The molecule has 0 aliphatic carbocycles. The number of nitrogens with zero attached hydrogens (tertiary/aromatic N) is 5. The number of aromatic amines is 1. The fraction of sp³-hybridized carbons (Fsp3) is 0.304. The summed E-state index contributed by atoms with van der Waals surface area (Å²) in [6.45, 7) is 3.44. The number of hydrogen-bond donors (Lipinski definition) is 1. The van der Waals surface area contributed by atoms with Crippen molar-refractivity contribution in [3.63, 3.8) is 0 Å². The average Bonchev–Trinajstić information content (AvgIpc) is 3.39. The SMILES string of the molecule is Cc1ccc2[nH]nc(C(=O)N3CCC[C@@H](c4ccc(-c5cnn(C)c5)cn4)C3)c2c1. The Morgan fingerprint density at radius 1 is 1.17 bits per heavy atom. The molecule has 1 aliphatic heterocycles. The molecule has 0 spiro atoms. The van der Waals surface area contributed by atoms with Crippen molar-refractivity contribution in [2.24, 2.45) is 7.05 Å². The Hall–Kier alpha value is -3.48. The quantitative estimate of drug-likeness (QED) is 0.569. The number of nitrogens with one attached hydrogen (secondary N) is 1. The Morgan fingerprint density at radius 3 is 2.83 bits per heavy atom. The van der Waals surface area contributed by atoms with Gasteiger partial charge in [-0.3, -0.25) is 19.6 Å². The van der Waals surface area contributed by atoms with Crippen LogP contribution in [0.3, 0.4) is 0 Å². The number of benzene rings is 1. The summed E-state index contributed by atoms with van der Waals surface area (Å²) in [4.78, 5) is 19.8. The second-order valence-corrected chi connectivity index (χ2v) is 8.09. The van der Waals surface area contributed by atoms with Gasteiger partial charge in [0.25, 0.3) is 5.91 Å². The number of likely N-dealkylation sites (tertiary alicyclic amines) is 1. The second kappa shape index (κ2) is 7.40. The van der Waals surface area contributed by atoms with Crippen molar-refractivity contribution in [3.05, 3.63) is 65.9 Å². The van der Waals surface area contributed by atoms with Gasteiger partial charge in [-0.1, -0.05) is 17.7 Å². The number of rotatable bonds is 3. The summed E-state index contributed by atoms with van der Waals surface area (Å²) in [5.74, 6) is 0.223. The van der Waals surface area contributed by atoms with Crippen LogP contribution in [0.25, 0.3) is 22.0 Å². The number of aryl methyl sites for hydroxylation is 2. The van der Waals surface area contributed by atoms with E-state index in [0.29, 0.717) is 12.2 Å². The molecule has 7 nitrogen and oxygen atoms in total. The molecule has 1 saturated heterocycles. The third-order valence-corrected chi connectivity index (χ3v) is 5.87. The van der Waals surface area contributed by atoms with Crippen molar-refractivity contribution < 1.29 is 4.79 Å². The molecule has 30 heavy (non-hydrogen) atoms. The van der Waals surface area contributed by atoms with Crippen molar-refractivity contribution in [2.75, 3.05) is 13.1 Å². The van der Waals surface area contributed by atoms with Crippen molar-refractivity contribution in [2.45, 2.75) is 25.7 Å². The summed E-state index contributed by atoms with van der Waals surface area (Å²) in [6, 6.07) is 10.2. The first-order valence-corrected chi connectivity index (χ1v) is 10.3. The third-order valence-electron chi connectivity index (χ3n) is 5.87. The fourth-order valence-electron chi connectivity index (χ4n) is 4.23. The van der Waals surface area contributed by atoms with Crippen molar-refractivity contribution in [3.8, 4) is 11.1 Å². The number of fused-ring (bicyclic) bond motifs is 1. The van der Waals surface area contributed by atoms with Gasteiger partial charge < -0.3 is 4.90 Å². The summed E-state index contributed by atoms with van der Waals surface area (Å²) in [6.07, 6.45) is 7.71. The zero-order chi connectivity index (χ0) is 20.7. The van der Waals surface area contributed by atoms with Crippen LogP contribution in [0.15, 0.2) is 48.9 Å². The van der Waals surface area contributed by atoms with Gasteiger partial charge in [-0.2, -0.15) is 10.2 Å². The predicted octanol–water partition coefficient (Wildman–Crippen LogP) is 3.69. The third kappa shape index (κ3) is 3.36. The topological polar surface area (TPSA) is 79.7 Å². The van der Waals surface area contributed by atoms with Gasteiger partial charge in [-0.25, -0.2) is 0 Å². The van der Waals surface area contributed by atoms with Gasteiger partial charge in [0.2, 0.25) is 0 Å². The van der Waals surface area contributed by atoms with E-state index in [1.54, 1.807) is 4.68 Å². The Labute approximate surface area is 174 Å². The van der Waals surface area contributed by atoms with Gasteiger partial charge in [0.05, 0.1) is 11.7 Å². The largest absolute Gasteiger partial charge is 0.337 e. The summed E-state index contributed by atoms with van der Waals surface area (Å²) in [5.41, 5.74) is 5.65. The standard InChI is InChI=1S/C23H24N6O/c1-15-5-7-21-19(10-15)22(27-26-21)23(30)29-9-3-4-17(14-29)20-8-6-16(11-24-20)18-12-25-28(2)13-18/h5-8,10-13,17H,3-4,9,14H2,1-2H3,(H,26,27)/t17-/m1/s1. The molecule has 0 unspecified atom stereocenters. The first kappa shape index (κ1) is 18.5. The molecule has 0 radical (unpaired) electrons. The highest BCUT2D eigenvalue weighted by Crippen LogP contribution is 2.29. The number of amides is 1. The van der Waals surface area contributed by atoms with Gasteiger partial charge in [0, 0.05) is 60.7 Å². The van der Waals surface area contributed by atoms with E-state index in [-0.39, 0.29) is 11.8 Å². The van der Waals surface area contributed by atoms with Crippen LogP contribution in [-0.4, -0.2) is 48.9 Å². The maximum Gasteiger partial charge on any atom is 0.275 e. The van der Waals surface area contributed by atoms with Crippen LogP contribution in [0.4, 0.5) is 0 Å². The average molecular weight is 400 g/mol. The zero-order valence-electron chi connectivity index (χ0n) is 17.2. The Morgan fingerprint density at radius 2 is 2.07 bits per heavy atom. The van der Waals surface area contributed by atoms with Crippen LogP contribution in [-0.2, 0) is 7.05 Å². The number of aromatic nitrogens is 5. The lowest BCUT2D eigenvalue weighted by molar-refractivity contribution is 0.0702. The smallest absolute Gasteiger partial charge is 0.275 e. The summed E-state index contributed by atoms with van der Waals surface area (Å²) in [7, 11) is 1.91. The van der Waals surface area contributed by atoms with E-state index in [2.05, 4.69) is 27.4 Å². The van der Waals surface area contributed by atoms with E-state index in [1.807, 2.05) is 55.7 Å². The Balaban J connectivity index is 1.35. The normalized spacial score (nSPS) is 16.9. The number of H-pyrrole nitrogens is 1. The second-order valence-electron chi connectivity index (χ2n) is 8.09. The fourth-order valence-corrected chi connectivity index (χ4v) is 4.23. The van der Waals surface area contributed by atoms with E-state index in [1.165, 1.54) is 0 Å². The number of carbonyl (C=O) groups excluding carboxylic acids is 1. The highest BCUT2D eigenvalue weighted by Gasteiger charge is 2.28. The van der Waals surface area contributed by atoms with E-state index in [0.717, 1.165) is 52.7 Å². The van der Waals surface area contributed by atoms with E-state index in [4.69, 9.17) is 4.98 Å². The molecule has 4 heterocycles. The lowest BCUT2D eigenvalue weighted by Crippen LogP contribution is -2.39. The van der Waals surface area contributed by atoms with Gasteiger partial charge in [0.15, 0.2) is 5.69 Å². The number of hydrogen-bond acceptors (Lipinski definition) is 4. The molecule has 1 atom stereocenters. The van der Waals surface area contributed by atoms with Gasteiger partial charge >= 0.3 is 0 Å². The van der Waals surface area contributed by atoms with Crippen LogP contribution in [0.5, 0.6) is 0 Å². The van der Waals surface area contributed by atoms with Crippen LogP contribution < -0.4 is 0 Å². The maximum atomic E-state index is 13.2. The van der Waals surface area contributed by atoms with Crippen molar-refractivity contribution in [1.29, 1.82) is 0 Å². The molecule has 1 aromatic carbocycles. The molecule has 4 aromatic rings. The summed E-state index contributed by atoms with van der Waals surface area (Å²) < 4.78 is 1.79. The molecule has 1 amide bonds. The summed E-state index contributed by atoms with van der Waals surface area (Å²) >= 11 is 0. The minimum absolute atomic E-state index is 0.0106. The summed E-state index contributed by atoms with van der Waals surface area (Å²) in [5, 5.41) is 12.4. The van der Waals surface area contributed by atoms with Crippen LogP contribution in [0.2, 0.25) is 0 Å². The Kier molecular flexibility index (Phi) is 4.58. The van der Waals surface area contributed by atoms with Crippen molar-refractivity contribution in [1.82, 2.24) is 29.9 Å². The molecule has 1 aliphatic rings. The van der Waals surface area contributed by atoms with Gasteiger partial charge in [-0.05, 0) is 38.0 Å². The molecule has 5 rings (SSSR count). The molecule has 1 N–H and O–H groups in total. The zero-order valence-corrected chi connectivity index (χ0v) is 17.2. The highest BCUT2D eigenvalue weighted by molar-refractivity contribution is 6.04. The van der Waals surface area contributed by atoms with E-state index < -0.39 is 0 Å². The lowest BCUT2D eigenvalue weighted by atomic mass is 9.93. The number of carbonyl (C=O) groups is 1. The van der Waals surface area contributed by atoms with E-state index in [9.17, 15) is 4.79 Å². The first-order valence-electron chi connectivity index (χ1n) is 10.3. The van der Waals surface area contributed by atoms with Crippen molar-refractivity contribution >= 4 is 16.8 Å². The molecule has 3 aromatic heterocycles. The van der Waals surface area contributed by atoms with Crippen LogP contribution >= 0.6 is 0 Å². The van der Waals surface area contributed by atoms with Gasteiger partial charge in [0.1, 0.15) is 0 Å². The molecular formula is C23H24N6O. The monoisotopic (exact) mass is 400 g/mol. The molecule has 1 fully saturated rings. The van der Waals surface area contributed by atoms with E-state index >= 15 is 0 Å². The minimum atomic E-state index is -0.0106. The highest BCUT2D eigenvalue weighted by atomic mass is 16.2. The molecule has 0 saturated carbocycles. The maximum absolute atomic E-state index is 13.2. The van der Waals surface area contributed by atoms with Crippen LogP contribution in [0, 0.1) is 6.92 Å². The van der Waals surface area contributed by atoms with Crippen LogP contribution in [0.1, 0.15) is 40.5 Å². The lowest BCUT2D eigenvalue weighted by Gasteiger charge is -2.32. The Bertz CT molecular complexity index is 1210. The number of piperidine rings is 1. The molecule has 152 valence electrons. The van der Waals surface area contributed by atoms with Gasteiger partial charge in [-0.15, -0.1) is 0 Å². The molecule has 0 bridgehead atoms. The number of pyridine rings is 1. The molecule has 7 heteroatoms. The molecular weight excluding hydrogens is 376 g/mol. The first-order chi connectivity index (χ1) is 14.6. The minimum Gasteiger partial charge on any atom is -0.337 e.